The Labute approximate surface area is 117 Å². The monoisotopic (exact) mass is 267 g/mol. The van der Waals surface area contributed by atoms with Gasteiger partial charge in [0.05, 0.1) is 12.2 Å². The Kier molecular flexibility index (Phi) is 4.16. The second kappa shape index (κ2) is 5.71. The Morgan fingerprint density at radius 3 is 2.68 bits per heavy atom. The average Bonchev–Trinajstić information content (AvgIpc) is 2.31. The molecule has 0 aromatic heterocycles. The van der Waals surface area contributed by atoms with Gasteiger partial charge in [-0.2, -0.15) is 0 Å². The lowest BCUT2D eigenvalue weighted by Gasteiger charge is -2.61. The van der Waals surface area contributed by atoms with E-state index in [-0.39, 0.29) is 6.10 Å². The molecule has 0 aliphatic heterocycles. The second-order valence-corrected chi connectivity index (χ2v) is 6.91. The van der Waals surface area contributed by atoms with Gasteiger partial charge in [0.1, 0.15) is 0 Å². The summed E-state index contributed by atoms with van der Waals surface area (Å²) in [5.41, 5.74) is 0.475. The van der Waals surface area contributed by atoms with Crippen molar-refractivity contribution >= 4 is 0 Å². The first-order valence-corrected chi connectivity index (χ1v) is 8.27. The van der Waals surface area contributed by atoms with Crippen LogP contribution >= 0.6 is 0 Å². The summed E-state index contributed by atoms with van der Waals surface area (Å²) in [5.74, 6) is 0.687. The van der Waals surface area contributed by atoms with Crippen LogP contribution in [0.3, 0.4) is 0 Å². The molecular formula is C16H29NO2. The molecule has 3 heteroatoms. The zero-order valence-corrected chi connectivity index (χ0v) is 12.2. The lowest BCUT2D eigenvalue weighted by atomic mass is 9.51. The first-order valence-electron chi connectivity index (χ1n) is 8.27. The second-order valence-electron chi connectivity index (χ2n) is 6.91. The molecule has 0 bridgehead atoms. The van der Waals surface area contributed by atoms with E-state index < -0.39 is 0 Å². The molecule has 3 aliphatic rings. The van der Waals surface area contributed by atoms with E-state index in [1.54, 1.807) is 0 Å². The van der Waals surface area contributed by atoms with Crippen LogP contribution in [0.25, 0.3) is 0 Å². The molecular weight excluding hydrogens is 238 g/mol. The van der Waals surface area contributed by atoms with Crippen LogP contribution in [0.15, 0.2) is 0 Å². The summed E-state index contributed by atoms with van der Waals surface area (Å²) >= 11 is 0. The SMILES string of the molecule is CCOC1CC(NCC2CCCC(O)C2)C12CCC2. The molecule has 3 rings (SSSR count). The minimum absolute atomic E-state index is 0.0456. The van der Waals surface area contributed by atoms with E-state index in [1.165, 1.54) is 38.5 Å². The summed E-state index contributed by atoms with van der Waals surface area (Å²) in [6.45, 7) is 4.06. The van der Waals surface area contributed by atoms with Crippen LogP contribution in [0, 0.1) is 11.3 Å². The van der Waals surface area contributed by atoms with Crippen LogP contribution in [0.4, 0.5) is 0 Å². The topological polar surface area (TPSA) is 41.5 Å². The molecule has 0 aromatic rings. The summed E-state index contributed by atoms with van der Waals surface area (Å²) in [6, 6.07) is 0.678. The van der Waals surface area contributed by atoms with Gasteiger partial charge in [0.25, 0.3) is 0 Å². The molecule has 1 spiro atoms. The summed E-state index contributed by atoms with van der Waals surface area (Å²) in [4.78, 5) is 0. The van der Waals surface area contributed by atoms with Crippen LogP contribution in [0.2, 0.25) is 0 Å². The minimum atomic E-state index is -0.0456. The van der Waals surface area contributed by atoms with Crippen LogP contribution in [-0.2, 0) is 4.74 Å². The van der Waals surface area contributed by atoms with Gasteiger partial charge in [-0.1, -0.05) is 12.8 Å². The van der Waals surface area contributed by atoms with Gasteiger partial charge in [0.2, 0.25) is 0 Å². The van der Waals surface area contributed by atoms with Gasteiger partial charge in [-0.05, 0) is 57.9 Å². The van der Waals surface area contributed by atoms with E-state index in [0.29, 0.717) is 23.5 Å². The van der Waals surface area contributed by atoms with Crippen molar-refractivity contribution in [2.45, 2.75) is 76.5 Å². The smallest absolute Gasteiger partial charge is 0.0661 e. The van der Waals surface area contributed by atoms with E-state index in [2.05, 4.69) is 12.2 Å². The molecule has 3 saturated carbocycles. The number of aliphatic hydroxyl groups is 1. The molecule has 2 N–H and O–H groups in total. The predicted molar refractivity (Wildman–Crippen MR) is 76.1 cm³/mol. The fraction of sp³-hybridized carbons (Fsp3) is 1.00. The van der Waals surface area contributed by atoms with E-state index in [4.69, 9.17) is 4.74 Å². The molecule has 0 radical (unpaired) electrons. The van der Waals surface area contributed by atoms with Crippen molar-refractivity contribution in [3.63, 3.8) is 0 Å². The first kappa shape index (κ1) is 13.8. The van der Waals surface area contributed by atoms with E-state index >= 15 is 0 Å². The summed E-state index contributed by atoms with van der Waals surface area (Å²) in [6.07, 6.45) is 10.2. The molecule has 3 fully saturated rings. The van der Waals surface area contributed by atoms with Crippen LogP contribution in [0.5, 0.6) is 0 Å². The molecule has 3 nitrogen and oxygen atoms in total. The maximum atomic E-state index is 9.74. The third kappa shape index (κ3) is 2.57. The van der Waals surface area contributed by atoms with E-state index in [9.17, 15) is 5.11 Å². The van der Waals surface area contributed by atoms with Crippen molar-refractivity contribution < 1.29 is 9.84 Å². The Bertz CT molecular complexity index is 303. The van der Waals surface area contributed by atoms with Crippen LogP contribution in [0.1, 0.15) is 58.3 Å². The van der Waals surface area contributed by atoms with Crippen molar-refractivity contribution in [1.29, 1.82) is 0 Å². The minimum Gasteiger partial charge on any atom is -0.393 e. The highest BCUT2D eigenvalue weighted by molar-refractivity contribution is 5.12. The third-order valence-corrected chi connectivity index (χ3v) is 5.85. The van der Waals surface area contributed by atoms with Crippen molar-refractivity contribution in [3.05, 3.63) is 0 Å². The Morgan fingerprint density at radius 1 is 1.21 bits per heavy atom. The van der Waals surface area contributed by atoms with Crippen molar-refractivity contribution in [2.24, 2.45) is 11.3 Å². The van der Waals surface area contributed by atoms with Gasteiger partial charge in [-0.25, -0.2) is 0 Å². The standard InChI is InChI=1S/C16H29NO2/c1-2-19-15-10-14(16(15)7-4-8-16)17-11-12-5-3-6-13(18)9-12/h12-15,17-18H,2-11H2,1H3. The summed E-state index contributed by atoms with van der Waals surface area (Å²) < 4.78 is 5.89. The number of hydrogen-bond acceptors (Lipinski definition) is 3. The maximum Gasteiger partial charge on any atom is 0.0661 e. The van der Waals surface area contributed by atoms with Gasteiger partial charge in [0.15, 0.2) is 0 Å². The highest BCUT2D eigenvalue weighted by atomic mass is 16.5. The van der Waals surface area contributed by atoms with Crippen LogP contribution < -0.4 is 5.32 Å². The van der Waals surface area contributed by atoms with Crippen molar-refractivity contribution in [2.75, 3.05) is 13.2 Å². The Balaban J connectivity index is 1.46. The van der Waals surface area contributed by atoms with E-state index in [1.807, 2.05) is 0 Å². The number of rotatable bonds is 5. The molecule has 19 heavy (non-hydrogen) atoms. The highest BCUT2D eigenvalue weighted by Crippen LogP contribution is 2.57. The molecule has 0 aromatic carbocycles. The normalized spacial score (nSPS) is 40.7. The van der Waals surface area contributed by atoms with Crippen LogP contribution in [-0.4, -0.2) is 36.5 Å². The van der Waals surface area contributed by atoms with Gasteiger partial charge < -0.3 is 15.2 Å². The molecule has 110 valence electrons. The Morgan fingerprint density at radius 2 is 2.05 bits per heavy atom. The largest absolute Gasteiger partial charge is 0.393 e. The number of nitrogens with one attached hydrogen (secondary N) is 1. The Hall–Kier alpha value is -0.120. The van der Waals surface area contributed by atoms with Gasteiger partial charge >= 0.3 is 0 Å². The number of ether oxygens (including phenoxy) is 1. The molecule has 0 saturated heterocycles. The third-order valence-electron chi connectivity index (χ3n) is 5.85. The van der Waals surface area contributed by atoms with Gasteiger partial charge in [-0.3, -0.25) is 0 Å². The van der Waals surface area contributed by atoms with Crippen molar-refractivity contribution in [1.82, 2.24) is 5.32 Å². The van der Waals surface area contributed by atoms with E-state index in [0.717, 1.165) is 26.0 Å². The van der Waals surface area contributed by atoms with Crippen molar-refractivity contribution in [3.8, 4) is 0 Å². The first-order chi connectivity index (χ1) is 9.24. The maximum absolute atomic E-state index is 9.74. The zero-order valence-electron chi connectivity index (χ0n) is 12.2. The quantitative estimate of drug-likeness (QED) is 0.804. The average molecular weight is 267 g/mol. The molecule has 0 heterocycles. The van der Waals surface area contributed by atoms with Gasteiger partial charge in [-0.15, -0.1) is 0 Å². The fourth-order valence-electron chi connectivity index (χ4n) is 4.48. The summed E-state index contributed by atoms with van der Waals surface area (Å²) in [7, 11) is 0. The molecule has 3 aliphatic carbocycles. The lowest BCUT2D eigenvalue weighted by molar-refractivity contribution is -0.173. The number of aliphatic hydroxyl groups excluding tert-OH is 1. The van der Waals surface area contributed by atoms with Gasteiger partial charge in [0, 0.05) is 18.1 Å². The summed E-state index contributed by atoms with van der Waals surface area (Å²) in [5, 5.41) is 13.5. The molecule has 4 atom stereocenters. The molecule has 0 amide bonds. The lowest BCUT2D eigenvalue weighted by Crippen LogP contribution is -2.67. The zero-order chi connectivity index (χ0) is 13.3. The predicted octanol–water partition coefficient (Wildman–Crippen LogP) is 2.47. The number of hydrogen-bond donors (Lipinski definition) is 2. The molecule has 4 unspecified atom stereocenters. The highest BCUT2D eigenvalue weighted by Gasteiger charge is 2.58. The fourth-order valence-corrected chi connectivity index (χ4v) is 4.48.